The number of amides is 3. The summed E-state index contributed by atoms with van der Waals surface area (Å²) in [7, 11) is 1.62. The minimum atomic E-state index is -0.609. The van der Waals surface area contributed by atoms with E-state index in [1.807, 2.05) is 62.4 Å². The van der Waals surface area contributed by atoms with Crippen molar-refractivity contribution in [1.29, 1.82) is 0 Å². The van der Waals surface area contributed by atoms with Crippen LogP contribution in [0, 0.1) is 12.3 Å². The van der Waals surface area contributed by atoms with Crippen LogP contribution in [-0.4, -0.2) is 37.0 Å². The zero-order valence-corrected chi connectivity index (χ0v) is 17.3. The van der Waals surface area contributed by atoms with E-state index in [1.54, 1.807) is 12.0 Å². The van der Waals surface area contributed by atoms with E-state index in [0.717, 1.165) is 35.4 Å². The van der Waals surface area contributed by atoms with Crippen molar-refractivity contribution in [3.05, 3.63) is 59.7 Å². The molecule has 2 N–H and O–H groups in total. The third-order valence-electron chi connectivity index (χ3n) is 5.42. The lowest BCUT2D eigenvalue weighted by atomic mass is 9.81. The molecule has 2 aromatic rings. The minimum absolute atomic E-state index is 0.0341. The molecule has 3 rings (SSSR count). The van der Waals surface area contributed by atoms with E-state index in [4.69, 9.17) is 4.74 Å². The highest BCUT2D eigenvalue weighted by molar-refractivity contribution is 5.90. The van der Waals surface area contributed by atoms with Gasteiger partial charge in [0.1, 0.15) is 5.75 Å². The van der Waals surface area contributed by atoms with Gasteiger partial charge in [0.2, 0.25) is 5.91 Å². The number of likely N-dealkylation sites (tertiary alicyclic amines) is 1. The van der Waals surface area contributed by atoms with Crippen LogP contribution in [0.3, 0.4) is 0 Å². The van der Waals surface area contributed by atoms with Gasteiger partial charge in [-0.3, -0.25) is 4.79 Å². The quantitative estimate of drug-likeness (QED) is 0.805. The van der Waals surface area contributed by atoms with Crippen molar-refractivity contribution < 1.29 is 14.3 Å². The monoisotopic (exact) mass is 395 g/mol. The molecule has 154 valence electrons. The van der Waals surface area contributed by atoms with Crippen LogP contribution in [0.2, 0.25) is 0 Å². The fourth-order valence-corrected chi connectivity index (χ4v) is 3.62. The predicted molar refractivity (Wildman–Crippen MR) is 114 cm³/mol. The molecule has 1 saturated heterocycles. The molecule has 29 heavy (non-hydrogen) atoms. The number of aryl methyl sites for hydroxylation is 1. The molecule has 0 bridgehead atoms. The Hall–Kier alpha value is -3.02. The first-order valence-corrected chi connectivity index (χ1v) is 9.93. The zero-order chi connectivity index (χ0) is 20.9. The van der Waals surface area contributed by atoms with Gasteiger partial charge in [-0.05, 0) is 56.5 Å². The number of benzene rings is 2. The van der Waals surface area contributed by atoms with E-state index in [2.05, 4.69) is 10.6 Å². The van der Waals surface area contributed by atoms with Gasteiger partial charge >= 0.3 is 6.03 Å². The maximum Gasteiger partial charge on any atom is 0.321 e. The van der Waals surface area contributed by atoms with E-state index < -0.39 is 5.41 Å². The van der Waals surface area contributed by atoms with Gasteiger partial charge in [0.05, 0.1) is 12.5 Å². The average Bonchev–Trinajstić information content (AvgIpc) is 2.73. The Morgan fingerprint density at radius 3 is 2.66 bits per heavy atom. The van der Waals surface area contributed by atoms with Crippen molar-refractivity contribution in [3.8, 4) is 5.75 Å². The number of carbonyl (C=O) groups is 2. The number of nitrogens with zero attached hydrogens (tertiary/aromatic N) is 1. The molecule has 1 aliphatic heterocycles. The van der Waals surface area contributed by atoms with E-state index in [1.165, 1.54) is 0 Å². The molecule has 1 aliphatic rings. The van der Waals surface area contributed by atoms with E-state index in [9.17, 15) is 9.59 Å². The summed E-state index contributed by atoms with van der Waals surface area (Å²) >= 11 is 0. The van der Waals surface area contributed by atoms with Crippen molar-refractivity contribution in [3.63, 3.8) is 0 Å². The number of urea groups is 1. The average molecular weight is 396 g/mol. The molecular weight excluding hydrogens is 366 g/mol. The largest absolute Gasteiger partial charge is 0.497 e. The zero-order valence-electron chi connectivity index (χ0n) is 17.3. The lowest BCUT2D eigenvalue weighted by molar-refractivity contribution is -0.132. The van der Waals surface area contributed by atoms with E-state index >= 15 is 0 Å². The number of ether oxygens (including phenoxy) is 1. The molecule has 0 radical (unpaired) electrons. The SMILES string of the molecule is COc1cccc(CNC(=O)[C@]2(C)CCCN(C(=O)Nc3ccc(C)cc3)C2)c1. The first kappa shape index (κ1) is 20.7. The normalized spacial score (nSPS) is 18.8. The van der Waals surface area contributed by atoms with Gasteiger partial charge in [0, 0.05) is 25.3 Å². The molecule has 1 atom stereocenters. The van der Waals surface area contributed by atoms with Gasteiger partial charge in [-0.15, -0.1) is 0 Å². The summed E-state index contributed by atoms with van der Waals surface area (Å²) in [6, 6.07) is 15.2. The number of piperidine rings is 1. The number of hydrogen-bond acceptors (Lipinski definition) is 3. The maximum absolute atomic E-state index is 12.9. The summed E-state index contributed by atoms with van der Waals surface area (Å²) in [6.45, 7) is 5.41. The van der Waals surface area contributed by atoms with Crippen LogP contribution in [0.5, 0.6) is 5.75 Å². The molecule has 0 saturated carbocycles. The van der Waals surface area contributed by atoms with Crippen LogP contribution in [0.15, 0.2) is 48.5 Å². The highest BCUT2D eigenvalue weighted by Crippen LogP contribution is 2.30. The first-order chi connectivity index (χ1) is 13.9. The number of rotatable bonds is 5. The summed E-state index contributed by atoms with van der Waals surface area (Å²) in [5.41, 5.74) is 2.27. The third kappa shape index (κ3) is 5.28. The molecule has 1 heterocycles. The summed E-state index contributed by atoms with van der Waals surface area (Å²) in [5.74, 6) is 0.729. The van der Waals surface area contributed by atoms with Crippen LogP contribution >= 0.6 is 0 Å². The molecule has 0 unspecified atom stereocenters. The number of methoxy groups -OCH3 is 1. The molecule has 6 heteroatoms. The van der Waals surface area contributed by atoms with Crippen LogP contribution in [0.25, 0.3) is 0 Å². The molecule has 3 amide bonds. The maximum atomic E-state index is 12.9. The van der Waals surface area contributed by atoms with Crippen molar-refractivity contribution in [1.82, 2.24) is 10.2 Å². The molecular formula is C23H29N3O3. The molecule has 2 aromatic carbocycles. The highest BCUT2D eigenvalue weighted by Gasteiger charge is 2.39. The molecule has 1 fully saturated rings. The topological polar surface area (TPSA) is 70.7 Å². The fraction of sp³-hybridized carbons (Fsp3) is 0.391. The van der Waals surface area contributed by atoms with Crippen molar-refractivity contribution in [2.75, 3.05) is 25.5 Å². The molecule has 6 nitrogen and oxygen atoms in total. The minimum Gasteiger partial charge on any atom is -0.497 e. The first-order valence-electron chi connectivity index (χ1n) is 9.93. The second-order valence-corrected chi connectivity index (χ2v) is 7.92. The van der Waals surface area contributed by atoms with E-state index in [0.29, 0.717) is 19.6 Å². The van der Waals surface area contributed by atoms with Gasteiger partial charge in [0.25, 0.3) is 0 Å². The molecule has 0 spiro atoms. The summed E-state index contributed by atoms with van der Waals surface area (Å²) < 4.78 is 5.23. The van der Waals surface area contributed by atoms with Crippen molar-refractivity contribution >= 4 is 17.6 Å². The number of carbonyl (C=O) groups excluding carboxylic acids is 2. The lowest BCUT2D eigenvalue weighted by Crippen LogP contribution is -2.52. The highest BCUT2D eigenvalue weighted by atomic mass is 16.5. The van der Waals surface area contributed by atoms with Gasteiger partial charge in [-0.2, -0.15) is 0 Å². The van der Waals surface area contributed by atoms with Crippen LogP contribution in [-0.2, 0) is 11.3 Å². The Kier molecular flexibility index (Phi) is 6.42. The van der Waals surface area contributed by atoms with Crippen molar-refractivity contribution in [2.24, 2.45) is 5.41 Å². The number of anilines is 1. The standard InChI is InChI=1S/C23H29N3O3/c1-17-8-10-19(11-9-17)25-22(28)26-13-5-12-23(2,16-26)21(27)24-15-18-6-4-7-20(14-18)29-3/h4,6-11,14H,5,12-13,15-16H2,1-3H3,(H,24,27)(H,25,28)/t23-/m1/s1. The predicted octanol–water partition coefficient (Wildman–Crippen LogP) is 3.95. The lowest BCUT2D eigenvalue weighted by Gasteiger charge is -2.39. The van der Waals surface area contributed by atoms with Gasteiger partial charge in [-0.1, -0.05) is 29.8 Å². The van der Waals surface area contributed by atoms with Crippen molar-refractivity contribution in [2.45, 2.75) is 33.2 Å². The van der Waals surface area contributed by atoms with Crippen LogP contribution in [0.1, 0.15) is 30.9 Å². The van der Waals surface area contributed by atoms with Gasteiger partial charge in [0.15, 0.2) is 0 Å². The van der Waals surface area contributed by atoms with Crippen LogP contribution in [0.4, 0.5) is 10.5 Å². The Bertz CT molecular complexity index is 866. The van der Waals surface area contributed by atoms with Gasteiger partial charge < -0.3 is 20.3 Å². The van der Waals surface area contributed by atoms with Crippen LogP contribution < -0.4 is 15.4 Å². The van der Waals surface area contributed by atoms with E-state index in [-0.39, 0.29) is 11.9 Å². The fourth-order valence-electron chi connectivity index (χ4n) is 3.62. The number of nitrogens with one attached hydrogen (secondary N) is 2. The van der Waals surface area contributed by atoms with Gasteiger partial charge in [-0.25, -0.2) is 4.79 Å². The Labute approximate surface area is 172 Å². The molecule has 0 aliphatic carbocycles. The second kappa shape index (κ2) is 8.99. The second-order valence-electron chi connectivity index (χ2n) is 7.92. The Morgan fingerprint density at radius 1 is 1.17 bits per heavy atom. The third-order valence-corrected chi connectivity index (χ3v) is 5.42. The smallest absolute Gasteiger partial charge is 0.321 e. The number of hydrogen-bond donors (Lipinski definition) is 2. The summed E-state index contributed by atoms with van der Waals surface area (Å²) in [5, 5.41) is 5.95. The summed E-state index contributed by atoms with van der Waals surface area (Å²) in [6.07, 6.45) is 1.55. The Balaban J connectivity index is 1.59. The summed E-state index contributed by atoms with van der Waals surface area (Å²) in [4.78, 5) is 27.3. The Morgan fingerprint density at radius 2 is 1.93 bits per heavy atom. The molecule has 0 aromatic heterocycles.